The van der Waals surface area contributed by atoms with E-state index in [4.69, 9.17) is 9.84 Å². The molecule has 0 bridgehead atoms. The second-order valence-corrected chi connectivity index (χ2v) is 12.4. The maximum atomic E-state index is 13.0. The van der Waals surface area contributed by atoms with Crippen LogP contribution in [0, 0.1) is 0 Å². The SMILES string of the molecule is CCc1nn2cccnc2c1C(C)(C)c1ccc(C=CCN2CCN(C(=O)OC(C)(C)C)C(C(=O)N(C)C)C2)cc1. The maximum Gasteiger partial charge on any atom is 0.411 e. The van der Waals surface area contributed by atoms with Gasteiger partial charge in [-0.2, -0.15) is 5.10 Å². The Morgan fingerprint density at radius 2 is 1.80 bits per heavy atom. The lowest BCUT2D eigenvalue weighted by atomic mass is 9.77. The fourth-order valence-corrected chi connectivity index (χ4v) is 5.37. The van der Waals surface area contributed by atoms with E-state index in [2.05, 4.69) is 67.1 Å². The summed E-state index contributed by atoms with van der Waals surface area (Å²) in [5, 5.41) is 4.77. The number of hydrogen-bond donors (Lipinski definition) is 0. The molecule has 0 N–H and O–H groups in total. The van der Waals surface area contributed by atoms with E-state index >= 15 is 0 Å². The number of hydrogen-bond acceptors (Lipinski definition) is 6. The van der Waals surface area contributed by atoms with Gasteiger partial charge in [0.05, 0.1) is 5.69 Å². The molecule has 9 heteroatoms. The zero-order chi connectivity index (χ0) is 29.9. The molecule has 1 aliphatic rings. The van der Waals surface area contributed by atoms with Crippen molar-refractivity contribution in [3.63, 3.8) is 0 Å². The second-order valence-electron chi connectivity index (χ2n) is 12.4. The molecule has 3 heterocycles. The number of fused-ring (bicyclic) bond motifs is 1. The minimum atomic E-state index is -0.616. The van der Waals surface area contributed by atoms with Crippen LogP contribution in [0.25, 0.3) is 11.7 Å². The van der Waals surface area contributed by atoms with E-state index in [1.807, 2.05) is 43.7 Å². The number of rotatable bonds is 7. The van der Waals surface area contributed by atoms with Gasteiger partial charge in [0, 0.05) is 63.6 Å². The van der Waals surface area contributed by atoms with Crippen LogP contribution in [0.5, 0.6) is 0 Å². The van der Waals surface area contributed by atoms with Crippen molar-refractivity contribution in [1.29, 1.82) is 0 Å². The molecule has 1 fully saturated rings. The molecule has 2 amide bonds. The molecule has 220 valence electrons. The van der Waals surface area contributed by atoms with Crippen LogP contribution in [0.2, 0.25) is 0 Å². The van der Waals surface area contributed by atoms with Crippen molar-refractivity contribution in [3.8, 4) is 0 Å². The Morgan fingerprint density at radius 1 is 1.10 bits per heavy atom. The topological polar surface area (TPSA) is 83.3 Å². The van der Waals surface area contributed by atoms with Crippen LogP contribution in [-0.2, 0) is 21.4 Å². The predicted octanol–water partition coefficient (Wildman–Crippen LogP) is 4.64. The lowest BCUT2D eigenvalue weighted by Crippen LogP contribution is -2.60. The van der Waals surface area contributed by atoms with Crippen molar-refractivity contribution in [2.75, 3.05) is 40.3 Å². The number of piperazine rings is 1. The van der Waals surface area contributed by atoms with E-state index in [0.717, 1.165) is 28.9 Å². The summed E-state index contributed by atoms with van der Waals surface area (Å²) in [7, 11) is 3.43. The summed E-state index contributed by atoms with van der Waals surface area (Å²) in [6.07, 6.45) is 8.39. The molecule has 3 aromatic rings. The third-order valence-corrected chi connectivity index (χ3v) is 7.55. The summed E-state index contributed by atoms with van der Waals surface area (Å²) in [5.74, 6) is -0.102. The zero-order valence-electron chi connectivity index (χ0n) is 25.7. The number of likely N-dealkylation sites (N-methyl/N-ethyl adjacent to an activating group) is 1. The lowest BCUT2D eigenvalue weighted by Gasteiger charge is -2.41. The smallest absolute Gasteiger partial charge is 0.411 e. The summed E-state index contributed by atoms with van der Waals surface area (Å²) in [4.78, 5) is 35.7. The van der Waals surface area contributed by atoms with Gasteiger partial charge in [0.15, 0.2) is 5.65 Å². The van der Waals surface area contributed by atoms with Gasteiger partial charge in [0.25, 0.3) is 0 Å². The number of aromatic nitrogens is 3. The van der Waals surface area contributed by atoms with Gasteiger partial charge in [0.2, 0.25) is 5.91 Å². The van der Waals surface area contributed by atoms with Gasteiger partial charge < -0.3 is 9.64 Å². The highest BCUT2D eigenvalue weighted by atomic mass is 16.6. The highest BCUT2D eigenvalue weighted by Gasteiger charge is 2.38. The van der Waals surface area contributed by atoms with Crippen LogP contribution in [0.1, 0.15) is 63.9 Å². The lowest BCUT2D eigenvalue weighted by molar-refractivity contribution is -0.136. The molecular weight excluding hydrogens is 516 g/mol. The highest BCUT2D eigenvalue weighted by Crippen LogP contribution is 2.36. The third-order valence-electron chi connectivity index (χ3n) is 7.55. The molecule has 0 spiro atoms. The zero-order valence-corrected chi connectivity index (χ0v) is 25.7. The van der Waals surface area contributed by atoms with Gasteiger partial charge in [-0.25, -0.2) is 14.3 Å². The Morgan fingerprint density at radius 3 is 2.44 bits per heavy atom. The van der Waals surface area contributed by atoms with E-state index in [9.17, 15) is 9.59 Å². The summed E-state index contributed by atoms with van der Waals surface area (Å²) >= 11 is 0. The molecule has 41 heavy (non-hydrogen) atoms. The Labute approximate surface area is 243 Å². The van der Waals surface area contributed by atoms with Gasteiger partial charge in [-0.15, -0.1) is 0 Å². The largest absolute Gasteiger partial charge is 0.444 e. The van der Waals surface area contributed by atoms with E-state index in [0.29, 0.717) is 26.2 Å². The number of nitrogens with zero attached hydrogens (tertiary/aromatic N) is 6. The van der Waals surface area contributed by atoms with E-state index < -0.39 is 17.7 Å². The minimum Gasteiger partial charge on any atom is -0.444 e. The van der Waals surface area contributed by atoms with Crippen LogP contribution in [0.15, 0.2) is 48.8 Å². The molecule has 0 saturated carbocycles. The normalized spacial score (nSPS) is 16.9. The molecule has 4 rings (SSSR count). The Kier molecular flexibility index (Phi) is 8.87. The monoisotopic (exact) mass is 560 g/mol. The van der Waals surface area contributed by atoms with Crippen molar-refractivity contribution < 1.29 is 14.3 Å². The molecule has 1 aliphatic heterocycles. The molecule has 1 saturated heterocycles. The minimum absolute atomic E-state index is 0.102. The highest BCUT2D eigenvalue weighted by molar-refractivity contribution is 5.86. The molecule has 2 aromatic heterocycles. The first-order valence-corrected chi connectivity index (χ1v) is 14.3. The molecule has 0 radical (unpaired) electrons. The van der Waals surface area contributed by atoms with Crippen molar-refractivity contribution >= 4 is 23.7 Å². The maximum absolute atomic E-state index is 13.0. The standard InChI is InChI=1S/C32H44N6O3/c1-9-25-27(28-33-17-11-19-38(28)34-25)32(5,6)24-15-13-23(14-16-24)12-10-18-36-20-21-37(30(40)41-31(2,3)4)26(22-36)29(39)35(7)8/h10-17,19,26H,9,18,20-22H2,1-8H3. The van der Waals surface area contributed by atoms with E-state index in [-0.39, 0.29) is 11.3 Å². The summed E-state index contributed by atoms with van der Waals surface area (Å²) in [5.41, 5.74) is 4.56. The van der Waals surface area contributed by atoms with Gasteiger partial charge in [-0.3, -0.25) is 14.6 Å². The number of benzene rings is 1. The van der Waals surface area contributed by atoms with Crippen LogP contribution < -0.4 is 0 Å². The first-order chi connectivity index (χ1) is 19.3. The van der Waals surface area contributed by atoms with Gasteiger partial charge >= 0.3 is 6.09 Å². The summed E-state index contributed by atoms with van der Waals surface area (Å²) in [6, 6.07) is 9.95. The van der Waals surface area contributed by atoms with Gasteiger partial charge in [0.1, 0.15) is 11.6 Å². The molecule has 1 unspecified atom stereocenters. The van der Waals surface area contributed by atoms with Crippen molar-refractivity contribution in [3.05, 3.63) is 71.2 Å². The van der Waals surface area contributed by atoms with Crippen molar-refractivity contribution in [1.82, 2.24) is 29.3 Å². The number of ether oxygens (including phenoxy) is 1. The molecule has 1 aromatic carbocycles. The Balaban J connectivity index is 1.44. The van der Waals surface area contributed by atoms with Crippen molar-refractivity contribution in [2.45, 2.75) is 65.0 Å². The summed E-state index contributed by atoms with van der Waals surface area (Å²) in [6.45, 7) is 14.3. The van der Waals surface area contributed by atoms with Crippen LogP contribution in [0.3, 0.4) is 0 Å². The Hall–Kier alpha value is -3.72. The van der Waals surface area contributed by atoms with E-state index in [1.165, 1.54) is 10.5 Å². The van der Waals surface area contributed by atoms with Crippen LogP contribution in [-0.4, -0.2) is 93.2 Å². The summed E-state index contributed by atoms with van der Waals surface area (Å²) < 4.78 is 7.45. The predicted molar refractivity (Wildman–Crippen MR) is 162 cm³/mol. The number of carbonyl (C=O) groups excluding carboxylic acids is 2. The molecule has 0 aliphatic carbocycles. The average molecular weight is 561 g/mol. The molecule has 9 nitrogen and oxygen atoms in total. The van der Waals surface area contributed by atoms with Gasteiger partial charge in [-0.1, -0.05) is 57.2 Å². The van der Waals surface area contributed by atoms with E-state index in [1.54, 1.807) is 19.0 Å². The first kappa shape index (κ1) is 30.2. The quantitative estimate of drug-likeness (QED) is 0.419. The number of aryl methyl sites for hydroxylation is 1. The van der Waals surface area contributed by atoms with Crippen LogP contribution >= 0.6 is 0 Å². The Bertz CT molecular complexity index is 1400. The number of amides is 2. The number of carbonyl (C=O) groups is 2. The van der Waals surface area contributed by atoms with Crippen LogP contribution in [0.4, 0.5) is 4.79 Å². The first-order valence-electron chi connectivity index (χ1n) is 14.3. The van der Waals surface area contributed by atoms with Crippen molar-refractivity contribution in [2.24, 2.45) is 0 Å². The average Bonchev–Trinajstić information content (AvgIpc) is 3.31. The fourth-order valence-electron chi connectivity index (χ4n) is 5.37. The molecular formula is C32H44N6O3. The fraction of sp³-hybridized carbons (Fsp3) is 0.500. The van der Waals surface area contributed by atoms with Gasteiger partial charge in [-0.05, 0) is 44.4 Å². The third kappa shape index (κ3) is 6.78. The second kappa shape index (κ2) is 12.0. The molecule has 1 atom stereocenters.